The van der Waals surface area contributed by atoms with Crippen molar-refractivity contribution in [1.82, 2.24) is 10.2 Å². The van der Waals surface area contributed by atoms with E-state index < -0.39 is 29.5 Å². The number of hydrogen-bond acceptors (Lipinski definition) is 3. The largest absolute Gasteiger partial charge is 0.416 e. The van der Waals surface area contributed by atoms with Crippen molar-refractivity contribution in [3.05, 3.63) is 71.0 Å². The zero-order valence-electron chi connectivity index (χ0n) is 17.7. The first-order valence-corrected chi connectivity index (χ1v) is 11.2. The van der Waals surface area contributed by atoms with Gasteiger partial charge in [-0.3, -0.25) is 9.59 Å². The molecule has 1 N–H and O–H groups in total. The van der Waals surface area contributed by atoms with Crippen molar-refractivity contribution in [2.24, 2.45) is 5.92 Å². The number of carbonyl (C=O) groups is 2. The number of thioether (sulfide) groups is 1. The lowest BCUT2D eigenvalue weighted by molar-refractivity contribution is -0.137. The van der Waals surface area contributed by atoms with Crippen molar-refractivity contribution in [1.29, 1.82) is 0 Å². The van der Waals surface area contributed by atoms with Gasteiger partial charge in [0.15, 0.2) is 0 Å². The maximum Gasteiger partial charge on any atom is 0.416 e. The van der Waals surface area contributed by atoms with Gasteiger partial charge in [0.05, 0.1) is 10.9 Å². The number of hydrogen-bond donors (Lipinski definition) is 1. The summed E-state index contributed by atoms with van der Waals surface area (Å²) in [5.74, 6) is -0.621. The van der Waals surface area contributed by atoms with Gasteiger partial charge in [0.1, 0.15) is 11.9 Å². The van der Waals surface area contributed by atoms with E-state index in [1.807, 2.05) is 13.8 Å². The van der Waals surface area contributed by atoms with Gasteiger partial charge in [0.25, 0.3) is 5.91 Å². The lowest BCUT2D eigenvalue weighted by atomic mass is 10.1. The van der Waals surface area contributed by atoms with Crippen LogP contribution < -0.4 is 5.32 Å². The Hall–Kier alpha value is -2.55. The van der Waals surface area contributed by atoms with Gasteiger partial charge in [-0.15, -0.1) is 11.8 Å². The maximum atomic E-state index is 13.3. The van der Waals surface area contributed by atoms with E-state index in [2.05, 4.69) is 5.32 Å². The van der Waals surface area contributed by atoms with Gasteiger partial charge < -0.3 is 10.2 Å². The third-order valence-corrected chi connectivity index (χ3v) is 6.43. The van der Waals surface area contributed by atoms with Crippen LogP contribution in [0.15, 0.2) is 48.5 Å². The third-order valence-electron chi connectivity index (χ3n) is 5.11. The van der Waals surface area contributed by atoms with Crippen molar-refractivity contribution in [3.8, 4) is 0 Å². The van der Waals surface area contributed by atoms with E-state index in [-0.39, 0.29) is 29.3 Å². The van der Waals surface area contributed by atoms with Gasteiger partial charge in [-0.1, -0.05) is 26.0 Å². The molecule has 0 radical (unpaired) electrons. The molecule has 0 aromatic heterocycles. The van der Waals surface area contributed by atoms with Gasteiger partial charge in [-0.2, -0.15) is 13.2 Å². The second-order valence-corrected chi connectivity index (χ2v) is 9.28. The van der Waals surface area contributed by atoms with Crippen LogP contribution >= 0.6 is 11.8 Å². The predicted molar refractivity (Wildman–Crippen MR) is 115 cm³/mol. The van der Waals surface area contributed by atoms with E-state index in [4.69, 9.17) is 0 Å². The predicted octanol–water partition coefficient (Wildman–Crippen LogP) is 5.09. The molecule has 9 heteroatoms. The minimum absolute atomic E-state index is 0.0860. The van der Waals surface area contributed by atoms with Crippen LogP contribution in [0.25, 0.3) is 0 Å². The topological polar surface area (TPSA) is 49.4 Å². The lowest BCUT2D eigenvalue weighted by Gasteiger charge is -2.30. The van der Waals surface area contributed by atoms with E-state index in [1.165, 1.54) is 53.1 Å². The Balaban J connectivity index is 1.76. The van der Waals surface area contributed by atoms with Crippen molar-refractivity contribution in [3.63, 3.8) is 0 Å². The molecule has 172 valence electrons. The number of amides is 2. The van der Waals surface area contributed by atoms with Crippen LogP contribution in [0.5, 0.6) is 0 Å². The quantitative estimate of drug-likeness (QED) is 0.601. The summed E-state index contributed by atoms with van der Waals surface area (Å²) in [6.07, 6.45) is -3.79. The standard InChI is InChI=1S/C23H24F4N2O2S/c1-14(2)10-20-29(22(31)16-6-8-18(24)9-7-16)19(13-32-20)21(30)28-12-15-4-3-5-17(11-15)23(25,26)27/h3-9,11,14,19-20H,10,12-13H2,1-2H3,(H,28,30). The third kappa shape index (κ3) is 5.82. The summed E-state index contributed by atoms with van der Waals surface area (Å²) in [4.78, 5) is 27.6. The molecule has 1 heterocycles. The zero-order chi connectivity index (χ0) is 23.5. The second-order valence-electron chi connectivity index (χ2n) is 8.07. The Morgan fingerprint density at radius 2 is 1.84 bits per heavy atom. The highest BCUT2D eigenvalue weighted by Gasteiger charge is 2.42. The molecule has 3 rings (SSSR count). The molecule has 1 fully saturated rings. The average Bonchev–Trinajstić information content (AvgIpc) is 3.14. The SMILES string of the molecule is CC(C)CC1SCC(C(=O)NCc2cccc(C(F)(F)F)c2)N1C(=O)c1ccc(F)cc1. The summed E-state index contributed by atoms with van der Waals surface area (Å²) in [5.41, 5.74) is -0.196. The highest BCUT2D eigenvalue weighted by molar-refractivity contribution is 8.00. The fraction of sp³-hybridized carbons (Fsp3) is 0.391. The molecule has 0 saturated carbocycles. The highest BCUT2D eigenvalue weighted by Crippen LogP contribution is 2.35. The number of alkyl halides is 3. The monoisotopic (exact) mass is 468 g/mol. The molecular formula is C23H24F4N2O2S. The van der Waals surface area contributed by atoms with Crippen LogP contribution in [0.3, 0.4) is 0 Å². The molecule has 0 aliphatic carbocycles. The first-order chi connectivity index (χ1) is 15.1. The summed E-state index contributed by atoms with van der Waals surface area (Å²) in [6, 6.07) is 9.13. The molecule has 0 spiro atoms. The molecule has 2 atom stereocenters. The molecule has 4 nitrogen and oxygen atoms in total. The minimum Gasteiger partial charge on any atom is -0.350 e. The summed E-state index contributed by atoms with van der Waals surface area (Å²) in [6.45, 7) is 3.95. The van der Waals surface area contributed by atoms with E-state index in [0.717, 1.165) is 12.1 Å². The Morgan fingerprint density at radius 1 is 1.16 bits per heavy atom. The van der Waals surface area contributed by atoms with Gasteiger partial charge in [0, 0.05) is 17.9 Å². The Kier molecular flexibility index (Phi) is 7.48. The molecule has 2 aromatic carbocycles. The maximum absolute atomic E-state index is 13.3. The smallest absolute Gasteiger partial charge is 0.350 e. The number of nitrogens with zero attached hydrogens (tertiary/aromatic N) is 1. The number of benzene rings is 2. The van der Waals surface area contributed by atoms with Crippen LogP contribution in [0, 0.1) is 11.7 Å². The van der Waals surface area contributed by atoms with Crippen LogP contribution in [0.2, 0.25) is 0 Å². The molecular weight excluding hydrogens is 444 g/mol. The van der Waals surface area contributed by atoms with Crippen LogP contribution in [0.1, 0.15) is 41.8 Å². The van der Waals surface area contributed by atoms with Crippen molar-refractivity contribution < 1.29 is 27.2 Å². The molecule has 1 aliphatic heterocycles. The number of rotatable bonds is 6. The Bertz CT molecular complexity index is 963. The summed E-state index contributed by atoms with van der Waals surface area (Å²) in [5, 5.41) is 2.44. The number of nitrogens with one attached hydrogen (secondary N) is 1. The molecule has 0 bridgehead atoms. The second kappa shape index (κ2) is 9.94. The fourth-order valence-electron chi connectivity index (χ4n) is 3.53. The van der Waals surface area contributed by atoms with Gasteiger partial charge in [0.2, 0.25) is 5.91 Å². The van der Waals surface area contributed by atoms with Gasteiger partial charge in [-0.05, 0) is 54.3 Å². The van der Waals surface area contributed by atoms with Crippen molar-refractivity contribution in [2.75, 3.05) is 5.75 Å². The molecule has 2 unspecified atom stereocenters. The summed E-state index contributed by atoms with van der Waals surface area (Å²) in [7, 11) is 0. The normalized spacial score (nSPS) is 18.8. The summed E-state index contributed by atoms with van der Waals surface area (Å²) >= 11 is 1.49. The fourth-order valence-corrected chi connectivity index (χ4v) is 5.17. The molecule has 2 aromatic rings. The van der Waals surface area contributed by atoms with Crippen molar-refractivity contribution in [2.45, 2.75) is 44.4 Å². The lowest BCUT2D eigenvalue weighted by Crippen LogP contribution is -2.49. The summed E-state index contributed by atoms with van der Waals surface area (Å²) < 4.78 is 52.1. The van der Waals surface area contributed by atoms with E-state index in [1.54, 1.807) is 0 Å². The van der Waals surface area contributed by atoms with E-state index in [0.29, 0.717) is 17.7 Å². The van der Waals surface area contributed by atoms with E-state index >= 15 is 0 Å². The number of carbonyl (C=O) groups excluding carboxylic acids is 2. The minimum atomic E-state index is -4.47. The van der Waals surface area contributed by atoms with Crippen LogP contribution in [-0.2, 0) is 17.5 Å². The van der Waals surface area contributed by atoms with Gasteiger partial charge >= 0.3 is 6.18 Å². The zero-order valence-corrected chi connectivity index (χ0v) is 18.5. The van der Waals surface area contributed by atoms with E-state index in [9.17, 15) is 27.2 Å². The van der Waals surface area contributed by atoms with Crippen LogP contribution in [0.4, 0.5) is 17.6 Å². The highest BCUT2D eigenvalue weighted by atomic mass is 32.2. The Morgan fingerprint density at radius 3 is 2.47 bits per heavy atom. The molecule has 1 aliphatic rings. The molecule has 32 heavy (non-hydrogen) atoms. The van der Waals surface area contributed by atoms with Crippen molar-refractivity contribution >= 4 is 23.6 Å². The first-order valence-electron chi connectivity index (χ1n) is 10.2. The van der Waals surface area contributed by atoms with Crippen LogP contribution in [-0.4, -0.2) is 33.9 Å². The number of halogens is 4. The average molecular weight is 469 g/mol. The molecule has 2 amide bonds. The Labute approximate surface area is 188 Å². The molecule has 1 saturated heterocycles. The first kappa shape index (κ1) is 24.1. The van der Waals surface area contributed by atoms with Gasteiger partial charge in [-0.25, -0.2) is 4.39 Å².